The maximum atomic E-state index is 8.99. The molecular weight excluding hydrogens is 184 g/mol. The summed E-state index contributed by atoms with van der Waals surface area (Å²) >= 11 is 0. The van der Waals surface area contributed by atoms with Gasteiger partial charge in [-0.25, -0.2) is 0 Å². The van der Waals surface area contributed by atoms with Gasteiger partial charge in [0.25, 0.3) is 0 Å². The van der Waals surface area contributed by atoms with Crippen LogP contribution < -0.4 is 0 Å². The summed E-state index contributed by atoms with van der Waals surface area (Å²) < 4.78 is 11.8. The summed E-state index contributed by atoms with van der Waals surface area (Å²) in [5, 5.41) is 12.9. The fraction of sp³-hybridized carbons (Fsp3) is 0.667. The summed E-state index contributed by atoms with van der Waals surface area (Å²) in [4.78, 5) is 0. The summed E-state index contributed by atoms with van der Waals surface area (Å²) in [6, 6.07) is 0. The van der Waals surface area contributed by atoms with E-state index in [0.29, 0.717) is 19.8 Å². The van der Waals surface area contributed by atoms with Crippen molar-refractivity contribution < 1.29 is 14.6 Å². The monoisotopic (exact) mass is 200 g/mol. The van der Waals surface area contributed by atoms with E-state index in [4.69, 9.17) is 14.6 Å². The molecule has 0 radical (unpaired) electrons. The number of methoxy groups -OCH3 is 1. The molecular formula is C9H16N2O3. The van der Waals surface area contributed by atoms with Crippen LogP contribution in [0.4, 0.5) is 0 Å². The van der Waals surface area contributed by atoms with Crippen molar-refractivity contribution in [3.05, 3.63) is 12.4 Å². The van der Waals surface area contributed by atoms with Crippen molar-refractivity contribution in [3.63, 3.8) is 0 Å². The van der Waals surface area contributed by atoms with Crippen molar-refractivity contribution in [1.82, 2.24) is 9.78 Å². The van der Waals surface area contributed by atoms with Crippen LogP contribution in [0.3, 0.4) is 0 Å². The summed E-state index contributed by atoms with van der Waals surface area (Å²) in [6.07, 6.45) is 3.89. The number of nitrogens with zero attached hydrogens (tertiary/aromatic N) is 2. The van der Waals surface area contributed by atoms with Crippen molar-refractivity contribution in [2.24, 2.45) is 0 Å². The lowest BCUT2D eigenvalue weighted by atomic mass is 10.4. The van der Waals surface area contributed by atoms with Crippen LogP contribution >= 0.6 is 0 Å². The van der Waals surface area contributed by atoms with Crippen molar-refractivity contribution in [2.75, 3.05) is 26.9 Å². The minimum atomic E-state index is 0.199. The van der Waals surface area contributed by atoms with E-state index in [1.807, 2.05) is 0 Å². The SMILES string of the molecule is COCCOCCCn1cc(O)cn1. The molecule has 1 aromatic heterocycles. The highest BCUT2D eigenvalue weighted by atomic mass is 16.5. The first-order chi connectivity index (χ1) is 6.83. The molecule has 0 unspecified atom stereocenters. The molecule has 1 aromatic rings. The van der Waals surface area contributed by atoms with Gasteiger partial charge < -0.3 is 14.6 Å². The Balaban J connectivity index is 1.99. The Morgan fingerprint density at radius 2 is 2.29 bits per heavy atom. The molecule has 0 saturated heterocycles. The van der Waals surface area contributed by atoms with Gasteiger partial charge in [0.2, 0.25) is 0 Å². The minimum absolute atomic E-state index is 0.199. The van der Waals surface area contributed by atoms with Gasteiger partial charge in [0.1, 0.15) is 0 Å². The largest absolute Gasteiger partial charge is 0.505 e. The summed E-state index contributed by atoms with van der Waals surface area (Å²) in [5.41, 5.74) is 0. The number of ether oxygens (including phenoxy) is 2. The molecule has 1 N–H and O–H groups in total. The van der Waals surface area contributed by atoms with Crippen LogP contribution in [0.1, 0.15) is 6.42 Å². The van der Waals surface area contributed by atoms with E-state index < -0.39 is 0 Å². The Labute approximate surface area is 83.2 Å². The number of hydrogen-bond donors (Lipinski definition) is 1. The molecule has 80 valence electrons. The van der Waals surface area contributed by atoms with Crippen LogP contribution in [0.25, 0.3) is 0 Å². The molecule has 0 fully saturated rings. The number of hydrogen-bond acceptors (Lipinski definition) is 4. The molecule has 5 heteroatoms. The van der Waals surface area contributed by atoms with Gasteiger partial charge in [0, 0.05) is 20.3 Å². The summed E-state index contributed by atoms with van der Waals surface area (Å²) in [5.74, 6) is 0.199. The first-order valence-electron chi connectivity index (χ1n) is 4.61. The Hall–Kier alpha value is -1.07. The second kappa shape index (κ2) is 6.39. The Kier molecular flexibility index (Phi) is 5.03. The average Bonchev–Trinajstić information content (AvgIpc) is 2.58. The molecule has 0 saturated carbocycles. The molecule has 14 heavy (non-hydrogen) atoms. The maximum Gasteiger partial charge on any atom is 0.153 e. The van der Waals surface area contributed by atoms with Gasteiger partial charge >= 0.3 is 0 Å². The van der Waals surface area contributed by atoms with Crippen LogP contribution in [0, 0.1) is 0 Å². The van der Waals surface area contributed by atoms with Crippen LogP contribution in [0.5, 0.6) is 5.75 Å². The third-order valence-corrected chi connectivity index (χ3v) is 1.73. The van der Waals surface area contributed by atoms with Gasteiger partial charge in [-0.05, 0) is 6.42 Å². The zero-order valence-corrected chi connectivity index (χ0v) is 8.35. The van der Waals surface area contributed by atoms with Crippen LogP contribution in [0.2, 0.25) is 0 Å². The minimum Gasteiger partial charge on any atom is -0.505 e. The molecule has 0 aliphatic carbocycles. The van der Waals surface area contributed by atoms with Gasteiger partial charge in [-0.3, -0.25) is 4.68 Å². The highest BCUT2D eigenvalue weighted by molar-refractivity contribution is 5.08. The Bertz CT molecular complexity index is 250. The normalized spacial score (nSPS) is 10.6. The molecule has 0 aliphatic rings. The van der Waals surface area contributed by atoms with Gasteiger partial charge in [-0.1, -0.05) is 0 Å². The lowest BCUT2D eigenvalue weighted by Crippen LogP contribution is -2.06. The molecule has 1 heterocycles. The summed E-state index contributed by atoms with van der Waals surface area (Å²) in [6.45, 7) is 2.70. The molecule has 0 amide bonds. The van der Waals surface area contributed by atoms with Gasteiger partial charge in [-0.15, -0.1) is 0 Å². The van der Waals surface area contributed by atoms with Crippen molar-refractivity contribution in [3.8, 4) is 5.75 Å². The van der Waals surface area contributed by atoms with E-state index >= 15 is 0 Å². The third kappa shape index (κ3) is 4.25. The molecule has 0 aromatic carbocycles. The van der Waals surface area contributed by atoms with Crippen molar-refractivity contribution >= 4 is 0 Å². The fourth-order valence-electron chi connectivity index (χ4n) is 1.05. The van der Waals surface area contributed by atoms with Crippen LogP contribution in [-0.2, 0) is 16.0 Å². The smallest absolute Gasteiger partial charge is 0.153 e. The predicted octanol–water partition coefficient (Wildman–Crippen LogP) is 0.642. The van der Waals surface area contributed by atoms with Crippen molar-refractivity contribution in [1.29, 1.82) is 0 Å². The highest BCUT2D eigenvalue weighted by Crippen LogP contribution is 2.04. The van der Waals surface area contributed by atoms with Crippen molar-refractivity contribution in [2.45, 2.75) is 13.0 Å². The molecule has 0 atom stereocenters. The fourth-order valence-corrected chi connectivity index (χ4v) is 1.05. The Morgan fingerprint density at radius 3 is 2.93 bits per heavy atom. The molecule has 0 spiro atoms. The molecule has 0 bridgehead atoms. The number of aromatic nitrogens is 2. The summed E-state index contributed by atoms with van der Waals surface area (Å²) in [7, 11) is 1.65. The first kappa shape index (κ1) is 11.0. The molecule has 0 aliphatic heterocycles. The van der Waals surface area contributed by atoms with Gasteiger partial charge in [0.05, 0.1) is 25.6 Å². The van der Waals surface area contributed by atoms with E-state index in [1.54, 1.807) is 18.0 Å². The predicted molar refractivity (Wildman–Crippen MR) is 51.2 cm³/mol. The molecule has 5 nitrogen and oxygen atoms in total. The second-order valence-corrected chi connectivity index (χ2v) is 2.92. The zero-order chi connectivity index (χ0) is 10.2. The quantitative estimate of drug-likeness (QED) is 0.656. The standard InChI is InChI=1S/C9H16N2O3/c1-13-5-6-14-4-2-3-11-8-9(12)7-10-11/h7-8,12H,2-6H2,1H3. The van der Waals surface area contributed by atoms with Crippen LogP contribution in [-0.4, -0.2) is 41.8 Å². The first-order valence-corrected chi connectivity index (χ1v) is 4.61. The zero-order valence-electron chi connectivity index (χ0n) is 8.35. The number of rotatable bonds is 7. The lowest BCUT2D eigenvalue weighted by molar-refractivity contribution is 0.0677. The Morgan fingerprint density at radius 1 is 1.43 bits per heavy atom. The van der Waals surface area contributed by atoms with E-state index in [0.717, 1.165) is 13.0 Å². The molecule has 1 rings (SSSR count). The average molecular weight is 200 g/mol. The van der Waals surface area contributed by atoms with E-state index in [-0.39, 0.29) is 5.75 Å². The van der Waals surface area contributed by atoms with E-state index in [9.17, 15) is 0 Å². The van der Waals surface area contributed by atoms with Gasteiger partial charge in [0.15, 0.2) is 5.75 Å². The number of aromatic hydroxyl groups is 1. The van der Waals surface area contributed by atoms with E-state index in [2.05, 4.69) is 5.10 Å². The van der Waals surface area contributed by atoms with Gasteiger partial charge in [-0.2, -0.15) is 5.10 Å². The maximum absolute atomic E-state index is 8.99. The topological polar surface area (TPSA) is 56.5 Å². The highest BCUT2D eigenvalue weighted by Gasteiger charge is 1.95. The van der Waals surface area contributed by atoms with Crippen LogP contribution in [0.15, 0.2) is 12.4 Å². The number of aryl methyl sites for hydroxylation is 1. The third-order valence-electron chi connectivity index (χ3n) is 1.73. The van der Waals surface area contributed by atoms with E-state index in [1.165, 1.54) is 6.20 Å². The second-order valence-electron chi connectivity index (χ2n) is 2.92. The lowest BCUT2D eigenvalue weighted by Gasteiger charge is -2.03.